The van der Waals surface area contributed by atoms with Crippen LogP contribution in [0.5, 0.6) is 5.75 Å². The first kappa shape index (κ1) is 11.8. The van der Waals surface area contributed by atoms with Crippen LogP contribution in [0.4, 0.5) is 0 Å². The van der Waals surface area contributed by atoms with Crippen LogP contribution in [0.3, 0.4) is 0 Å². The molecule has 1 aliphatic heterocycles. The minimum Gasteiger partial charge on any atom is -0.491 e. The fourth-order valence-corrected chi connectivity index (χ4v) is 3.96. The Hall–Kier alpha value is -1.02. The molecule has 1 N–H and O–H groups in total. The number of rotatable bonds is 3. The van der Waals surface area contributed by atoms with E-state index in [1.165, 1.54) is 44.1 Å². The number of nitrogens with one attached hydrogen (secondary N) is 1. The highest BCUT2D eigenvalue weighted by atomic mass is 16.5. The van der Waals surface area contributed by atoms with Gasteiger partial charge in [-0.15, -0.1) is 0 Å². The van der Waals surface area contributed by atoms with Gasteiger partial charge in [-0.3, -0.25) is 0 Å². The summed E-state index contributed by atoms with van der Waals surface area (Å²) >= 11 is 0. The monoisotopic (exact) mass is 257 g/mol. The highest BCUT2D eigenvalue weighted by Gasteiger charge is 2.36. The van der Waals surface area contributed by atoms with Crippen LogP contribution in [-0.2, 0) is 0 Å². The van der Waals surface area contributed by atoms with E-state index in [0.29, 0.717) is 12.1 Å². The summed E-state index contributed by atoms with van der Waals surface area (Å²) in [5.41, 5.74) is 1.36. The maximum Gasteiger partial charge on any atom is 0.124 e. The molecule has 2 heteroatoms. The van der Waals surface area contributed by atoms with E-state index in [9.17, 15) is 0 Å². The van der Waals surface area contributed by atoms with Crippen LogP contribution < -0.4 is 10.1 Å². The van der Waals surface area contributed by atoms with Gasteiger partial charge in [0.25, 0.3) is 0 Å². The third kappa shape index (κ3) is 2.38. The Bertz CT molecular complexity index is 454. The van der Waals surface area contributed by atoms with Crippen LogP contribution in [0, 0.1) is 11.8 Å². The Labute approximate surface area is 115 Å². The molecule has 0 amide bonds. The van der Waals surface area contributed by atoms with Gasteiger partial charge in [0.05, 0.1) is 6.04 Å². The van der Waals surface area contributed by atoms with E-state index in [-0.39, 0.29) is 0 Å². The maximum atomic E-state index is 5.78. The second kappa shape index (κ2) is 4.82. The summed E-state index contributed by atoms with van der Waals surface area (Å²) in [5, 5.41) is 3.86. The Balaban J connectivity index is 1.41. The van der Waals surface area contributed by atoms with E-state index in [0.717, 1.165) is 24.2 Å². The van der Waals surface area contributed by atoms with Gasteiger partial charge < -0.3 is 10.1 Å². The molecular formula is C17H23NO. The molecule has 3 aliphatic rings. The molecule has 4 rings (SSSR count). The van der Waals surface area contributed by atoms with Gasteiger partial charge in [-0.2, -0.15) is 0 Å². The maximum absolute atomic E-state index is 5.78. The average Bonchev–Trinajstić information content (AvgIpc) is 3.23. The molecular weight excluding hydrogens is 234 g/mol. The van der Waals surface area contributed by atoms with Crippen molar-refractivity contribution in [2.24, 2.45) is 11.8 Å². The number of hydrogen-bond donors (Lipinski definition) is 1. The molecule has 0 saturated heterocycles. The van der Waals surface area contributed by atoms with Crippen LogP contribution in [-0.4, -0.2) is 12.6 Å². The van der Waals surface area contributed by atoms with Gasteiger partial charge in [0, 0.05) is 11.6 Å². The minimum atomic E-state index is 0.416. The Kier molecular flexibility index (Phi) is 2.99. The van der Waals surface area contributed by atoms with Crippen LogP contribution in [0.15, 0.2) is 24.3 Å². The largest absolute Gasteiger partial charge is 0.491 e. The zero-order valence-electron chi connectivity index (χ0n) is 11.5. The molecule has 0 aromatic heterocycles. The van der Waals surface area contributed by atoms with Crippen molar-refractivity contribution in [3.05, 3.63) is 29.8 Å². The van der Waals surface area contributed by atoms with Gasteiger partial charge in [0.15, 0.2) is 0 Å². The van der Waals surface area contributed by atoms with Gasteiger partial charge in [-0.1, -0.05) is 31.0 Å². The van der Waals surface area contributed by atoms with E-state index >= 15 is 0 Å². The highest BCUT2D eigenvalue weighted by Crippen LogP contribution is 2.44. The molecule has 1 aromatic carbocycles. The zero-order valence-corrected chi connectivity index (χ0v) is 11.5. The normalized spacial score (nSPS) is 33.8. The standard InChI is InChI=1S/C17H23NO/c1-2-7-17-15(6-1)16(11-19-17)18-14-5-3-4-13(10-14)12-8-9-12/h1-2,6-7,12-14,16,18H,3-5,8-11H2. The van der Waals surface area contributed by atoms with E-state index in [2.05, 4.69) is 29.6 Å². The molecule has 1 aromatic rings. The molecule has 19 heavy (non-hydrogen) atoms. The first-order valence-electron chi connectivity index (χ1n) is 7.88. The summed E-state index contributed by atoms with van der Waals surface area (Å²) in [7, 11) is 0. The molecule has 0 bridgehead atoms. The lowest BCUT2D eigenvalue weighted by Gasteiger charge is -2.31. The van der Waals surface area contributed by atoms with Crippen LogP contribution in [0.25, 0.3) is 0 Å². The third-order valence-electron chi connectivity index (χ3n) is 5.14. The smallest absolute Gasteiger partial charge is 0.124 e. The molecule has 102 valence electrons. The Morgan fingerprint density at radius 3 is 2.79 bits per heavy atom. The second-order valence-corrected chi connectivity index (χ2v) is 6.53. The quantitative estimate of drug-likeness (QED) is 0.892. The van der Waals surface area contributed by atoms with Gasteiger partial charge in [-0.25, -0.2) is 0 Å². The van der Waals surface area contributed by atoms with E-state index in [4.69, 9.17) is 4.74 Å². The lowest BCUT2D eigenvalue weighted by Crippen LogP contribution is -2.37. The number of benzene rings is 1. The number of ether oxygens (including phenoxy) is 1. The highest BCUT2D eigenvalue weighted by molar-refractivity contribution is 5.39. The fourth-order valence-electron chi connectivity index (χ4n) is 3.96. The van der Waals surface area contributed by atoms with Crippen LogP contribution in [0.1, 0.15) is 50.1 Å². The van der Waals surface area contributed by atoms with Crippen LogP contribution in [0.2, 0.25) is 0 Å². The SMILES string of the molecule is c1ccc2c(c1)OCC2NC1CCCC(C2CC2)C1. The molecule has 0 spiro atoms. The van der Waals surface area contributed by atoms with E-state index in [1.807, 2.05) is 0 Å². The molecule has 3 unspecified atom stereocenters. The summed E-state index contributed by atoms with van der Waals surface area (Å²) in [4.78, 5) is 0. The van der Waals surface area contributed by atoms with Crippen molar-refractivity contribution in [2.45, 2.75) is 50.6 Å². The first-order valence-corrected chi connectivity index (χ1v) is 7.88. The average molecular weight is 257 g/mol. The second-order valence-electron chi connectivity index (χ2n) is 6.53. The van der Waals surface area contributed by atoms with Gasteiger partial charge in [-0.05, 0) is 43.6 Å². The van der Waals surface area contributed by atoms with Crippen molar-refractivity contribution in [3.8, 4) is 5.75 Å². The van der Waals surface area contributed by atoms with Gasteiger partial charge >= 0.3 is 0 Å². The topological polar surface area (TPSA) is 21.3 Å². The predicted molar refractivity (Wildman–Crippen MR) is 76.3 cm³/mol. The van der Waals surface area contributed by atoms with E-state index in [1.54, 1.807) is 0 Å². The van der Waals surface area contributed by atoms with Crippen molar-refractivity contribution in [2.75, 3.05) is 6.61 Å². The van der Waals surface area contributed by atoms with Crippen LogP contribution >= 0.6 is 0 Å². The van der Waals surface area contributed by atoms with Gasteiger partial charge in [0.1, 0.15) is 12.4 Å². The minimum absolute atomic E-state index is 0.416. The molecule has 2 saturated carbocycles. The molecule has 2 nitrogen and oxygen atoms in total. The van der Waals surface area contributed by atoms with Gasteiger partial charge in [0.2, 0.25) is 0 Å². The van der Waals surface area contributed by atoms with Crippen molar-refractivity contribution < 1.29 is 4.74 Å². The number of para-hydroxylation sites is 1. The number of hydrogen-bond acceptors (Lipinski definition) is 2. The lowest BCUT2D eigenvalue weighted by atomic mass is 9.82. The third-order valence-corrected chi connectivity index (χ3v) is 5.14. The molecule has 0 radical (unpaired) electrons. The first-order chi connectivity index (χ1) is 9.40. The van der Waals surface area contributed by atoms with Crippen molar-refractivity contribution in [3.63, 3.8) is 0 Å². The summed E-state index contributed by atoms with van der Waals surface area (Å²) < 4.78 is 5.78. The van der Waals surface area contributed by atoms with E-state index < -0.39 is 0 Å². The fraction of sp³-hybridized carbons (Fsp3) is 0.647. The summed E-state index contributed by atoms with van der Waals surface area (Å²) in [5.74, 6) is 3.15. The number of fused-ring (bicyclic) bond motifs is 1. The predicted octanol–water partition coefficient (Wildman–Crippen LogP) is 3.68. The Morgan fingerprint density at radius 2 is 1.89 bits per heavy atom. The van der Waals surface area contributed by atoms with Crippen molar-refractivity contribution in [1.29, 1.82) is 0 Å². The molecule has 3 atom stereocenters. The summed E-state index contributed by atoms with van der Waals surface area (Å²) in [6, 6.07) is 9.60. The summed E-state index contributed by atoms with van der Waals surface area (Å²) in [6.07, 6.45) is 8.61. The van der Waals surface area contributed by atoms with Crippen molar-refractivity contribution in [1.82, 2.24) is 5.32 Å². The molecule has 2 fully saturated rings. The van der Waals surface area contributed by atoms with Crippen molar-refractivity contribution >= 4 is 0 Å². The lowest BCUT2D eigenvalue weighted by molar-refractivity contribution is 0.228. The summed E-state index contributed by atoms with van der Waals surface area (Å²) in [6.45, 7) is 0.809. The molecule has 2 aliphatic carbocycles. The zero-order chi connectivity index (χ0) is 12.7. The molecule has 1 heterocycles. The Morgan fingerprint density at radius 1 is 1.00 bits per heavy atom.